The third kappa shape index (κ3) is 4.01. The Morgan fingerprint density at radius 1 is 1.06 bits per heavy atom. The van der Waals surface area contributed by atoms with Gasteiger partial charge < -0.3 is 11.1 Å². The molecule has 0 atom stereocenters. The molecule has 3 N–H and O–H groups in total. The van der Waals surface area contributed by atoms with E-state index in [0.29, 0.717) is 16.3 Å². The van der Waals surface area contributed by atoms with Crippen molar-refractivity contribution in [3.8, 4) is 0 Å². The number of carbonyl (C=O) groups is 2. The number of carbonyl (C=O) groups excluding carboxylic acids is 2. The molecule has 0 unspecified atom stereocenters. The lowest BCUT2D eigenvalue weighted by Gasteiger charge is -2.23. The van der Waals surface area contributed by atoms with Crippen LogP contribution in [0.2, 0.25) is 0 Å². The second-order valence-electron chi connectivity index (χ2n) is 7.41. The molecule has 0 saturated carbocycles. The zero-order valence-electron chi connectivity index (χ0n) is 17.5. The van der Waals surface area contributed by atoms with Gasteiger partial charge in [-0.2, -0.15) is 0 Å². The van der Waals surface area contributed by atoms with Gasteiger partial charge in [0.25, 0.3) is 21.8 Å². The number of anilines is 2. The van der Waals surface area contributed by atoms with Crippen LogP contribution in [0, 0.1) is 0 Å². The van der Waals surface area contributed by atoms with Gasteiger partial charge in [0.05, 0.1) is 16.1 Å². The molecule has 1 aromatic heterocycles. The van der Waals surface area contributed by atoms with Crippen LogP contribution in [0.1, 0.15) is 44.5 Å². The summed E-state index contributed by atoms with van der Waals surface area (Å²) in [6.45, 7) is 2.04. The van der Waals surface area contributed by atoms with E-state index in [1.165, 1.54) is 39.9 Å². The number of nitrogens with one attached hydrogen (secondary N) is 1. The highest BCUT2D eigenvalue weighted by atomic mass is 32.2. The third-order valence-corrected chi connectivity index (χ3v) is 8.56. The molecule has 0 spiro atoms. The highest BCUT2D eigenvalue weighted by Gasteiger charge is 2.27. The largest absolute Gasteiger partial charge is 0.365 e. The normalized spacial score (nSPS) is 12.9. The van der Waals surface area contributed by atoms with Gasteiger partial charge in [-0.05, 0) is 68.1 Å². The average molecular weight is 470 g/mol. The fraction of sp³-hybridized carbons (Fsp3) is 0.217. The van der Waals surface area contributed by atoms with Gasteiger partial charge in [-0.15, -0.1) is 11.3 Å². The minimum absolute atomic E-state index is 0.0904. The van der Waals surface area contributed by atoms with Crippen molar-refractivity contribution < 1.29 is 18.0 Å². The van der Waals surface area contributed by atoms with Gasteiger partial charge in [0.15, 0.2) is 0 Å². The second kappa shape index (κ2) is 8.76. The zero-order chi connectivity index (χ0) is 22.9. The number of aryl methyl sites for hydroxylation is 1. The fourth-order valence-corrected chi connectivity index (χ4v) is 6.68. The van der Waals surface area contributed by atoms with E-state index in [2.05, 4.69) is 5.32 Å². The lowest BCUT2D eigenvalue weighted by atomic mass is 10.1. The van der Waals surface area contributed by atoms with E-state index < -0.39 is 21.8 Å². The minimum atomic E-state index is -3.78. The molecular formula is C23H23N3O4S2. The molecule has 0 fully saturated rings. The number of nitrogens with zero attached hydrogens (tertiary/aromatic N) is 1. The van der Waals surface area contributed by atoms with Crippen LogP contribution in [-0.2, 0) is 22.9 Å². The molecule has 166 valence electrons. The molecule has 2 amide bonds. The molecule has 9 heteroatoms. The molecule has 32 heavy (non-hydrogen) atoms. The maximum atomic E-state index is 13.1. The number of rotatable bonds is 7. The van der Waals surface area contributed by atoms with Crippen LogP contribution in [0.25, 0.3) is 0 Å². The first-order valence-corrected chi connectivity index (χ1v) is 12.5. The standard InChI is InChI=1S/C23H23N3O4S2/c1-2-26(16-7-4-3-5-8-16)32(29,30)17-13-11-15(12-14-17)22(28)25-23-20(21(24)27)18-9-6-10-19(18)31-23/h3-5,7-8,11-14H,2,6,9-10H2,1H3,(H2,24,27)(H,25,28). The number of hydrogen-bond donors (Lipinski definition) is 2. The Kier molecular flexibility index (Phi) is 6.03. The summed E-state index contributed by atoms with van der Waals surface area (Å²) < 4.78 is 27.5. The Labute approximate surface area is 190 Å². The van der Waals surface area contributed by atoms with E-state index in [0.717, 1.165) is 29.7 Å². The summed E-state index contributed by atoms with van der Waals surface area (Å²) in [7, 11) is -3.78. The fourth-order valence-electron chi connectivity index (χ4n) is 3.92. The molecule has 0 radical (unpaired) electrons. The van der Waals surface area contributed by atoms with Crippen LogP contribution >= 0.6 is 11.3 Å². The van der Waals surface area contributed by atoms with E-state index in [9.17, 15) is 18.0 Å². The van der Waals surface area contributed by atoms with E-state index in [-0.39, 0.29) is 17.0 Å². The van der Waals surface area contributed by atoms with Crippen molar-refractivity contribution in [1.82, 2.24) is 0 Å². The second-order valence-corrected chi connectivity index (χ2v) is 10.4. The Hall–Kier alpha value is -3.17. The number of nitrogens with two attached hydrogens (primary N) is 1. The van der Waals surface area contributed by atoms with Crippen molar-refractivity contribution in [2.45, 2.75) is 31.1 Å². The Bertz CT molecular complexity index is 1270. The summed E-state index contributed by atoms with van der Waals surface area (Å²) in [4.78, 5) is 25.9. The van der Waals surface area contributed by atoms with Gasteiger partial charge in [0, 0.05) is 17.0 Å². The predicted molar refractivity (Wildman–Crippen MR) is 126 cm³/mol. The summed E-state index contributed by atoms with van der Waals surface area (Å²) >= 11 is 1.38. The Balaban J connectivity index is 1.57. The van der Waals surface area contributed by atoms with Crippen LogP contribution < -0.4 is 15.4 Å². The number of hydrogen-bond acceptors (Lipinski definition) is 5. The zero-order valence-corrected chi connectivity index (χ0v) is 19.1. The van der Waals surface area contributed by atoms with Crippen LogP contribution in [0.3, 0.4) is 0 Å². The average Bonchev–Trinajstić information content (AvgIpc) is 3.35. The lowest BCUT2D eigenvalue weighted by molar-refractivity contribution is 0.100. The molecule has 2 aromatic carbocycles. The highest BCUT2D eigenvalue weighted by Crippen LogP contribution is 2.39. The molecule has 0 bridgehead atoms. The molecule has 0 saturated heterocycles. The molecule has 0 aliphatic heterocycles. The van der Waals surface area contributed by atoms with Gasteiger partial charge in [0.1, 0.15) is 5.00 Å². The maximum absolute atomic E-state index is 13.1. The summed E-state index contributed by atoms with van der Waals surface area (Å²) in [6.07, 6.45) is 2.63. The first-order valence-electron chi connectivity index (χ1n) is 10.3. The number of thiophene rings is 1. The number of benzene rings is 2. The van der Waals surface area contributed by atoms with E-state index >= 15 is 0 Å². The monoisotopic (exact) mass is 469 g/mol. The van der Waals surface area contributed by atoms with Gasteiger partial charge in [-0.25, -0.2) is 8.42 Å². The number of para-hydroxylation sites is 1. The van der Waals surface area contributed by atoms with Gasteiger partial charge in [-0.3, -0.25) is 13.9 Å². The number of fused-ring (bicyclic) bond motifs is 1. The molecule has 1 aliphatic rings. The van der Waals surface area contributed by atoms with Crippen molar-refractivity contribution in [2.24, 2.45) is 5.73 Å². The summed E-state index contributed by atoms with van der Waals surface area (Å²) in [6, 6.07) is 14.6. The third-order valence-electron chi connectivity index (χ3n) is 5.43. The lowest BCUT2D eigenvalue weighted by Crippen LogP contribution is -2.30. The smallest absolute Gasteiger partial charge is 0.264 e. The van der Waals surface area contributed by atoms with Crippen LogP contribution in [0.4, 0.5) is 10.7 Å². The first kappa shape index (κ1) is 22.0. The quantitative estimate of drug-likeness (QED) is 0.548. The topological polar surface area (TPSA) is 110 Å². The number of primary amides is 1. The molecular weight excluding hydrogens is 446 g/mol. The Morgan fingerprint density at radius 3 is 2.38 bits per heavy atom. The van der Waals surface area contributed by atoms with Crippen molar-refractivity contribution >= 4 is 43.9 Å². The van der Waals surface area contributed by atoms with Crippen molar-refractivity contribution in [2.75, 3.05) is 16.2 Å². The number of amides is 2. The molecule has 4 rings (SSSR count). The Morgan fingerprint density at radius 2 is 1.75 bits per heavy atom. The maximum Gasteiger partial charge on any atom is 0.264 e. The van der Waals surface area contributed by atoms with Crippen LogP contribution in [0.5, 0.6) is 0 Å². The minimum Gasteiger partial charge on any atom is -0.365 e. The van der Waals surface area contributed by atoms with Crippen molar-refractivity contribution in [3.05, 3.63) is 76.2 Å². The molecule has 7 nitrogen and oxygen atoms in total. The summed E-state index contributed by atoms with van der Waals surface area (Å²) in [5, 5.41) is 3.22. The molecule has 1 heterocycles. The molecule has 3 aromatic rings. The highest BCUT2D eigenvalue weighted by molar-refractivity contribution is 7.92. The number of sulfonamides is 1. The van der Waals surface area contributed by atoms with E-state index in [1.54, 1.807) is 31.2 Å². The van der Waals surface area contributed by atoms with Crippen LogP contribution in [0.15, 0.2) is 59.5 Å². The van der Waals surface area contributed by atoms with Crippen molar-refractivity contribution in [3.63, 3.8) is 0 Å². The predicted octanol–water partition coefficient (Wildman–Crippen LogP) is 3.80. The van der Waals surface area contributed by atoms with Gasteiger partial charge in [0.2, 0.25) is 0 Å². The summed E-state index contributed by atoms with van der Waals surface area (Å²) in [5.74, 6) is -0.978. The first-order chi connectivity index (χ1) is 15.3. The van der Waals surface area contributed by atoms with E-state index in [1.807, 2.05) is 6.07 Å². The summed E-state index contributed by atoms with van der Waals surface area (Å²) in [5.41, 5.74) is 7.72. The van der Waals surface area contributed by atoms with Gasteiger partial charge in [-0.1, -0.05) is 18.2 Å². The van der Waals surface area contributed by atoms with Crippen LogP contribution in [-0.4, -0.2) is 26.8 Å². The van der Waals surface area contributed by atoms with Gasteiger partial charge >= 0.3 is 0 Å². The van der Waals surface area contributed by atoms with Crippen molar-refractivity contribution in [1.29, 1.82) is 0 Å². The van der Waals surface area contributed by atoms with E-state index in [4.69, 9.17) is 5.73 Å². The SMILES string of the molecule is CCN(c1ccccc1)S(=O)(=O)c1ccc(C(=O)Nc2sc3c(c2C(N)=O)CCC3)cc1. The molecule has 1 aliphatic carbocycles.